The summed E-state index contributed by atoms with van der Waals surface area (Å²) >= 11 is 1.70. The van der Waals surface area contributed by atoms with Gasteiger partial charge in [-0.05, 0) is 111 Å². The smallest absolute Gasteiger partial charge is 0.408 e. The van der Waals surface area contributed by atoms with E-state index in [1.54, 1.807) is 45.1 Å². The van der Waals surface area contributed by atoms with Crippen molar-refractivity contribution < 1.29 is 37.1 Å². The molecule has 2 aliphatic heterocycles. The third-order valence-electron chi connectivity index (χ3n) is 12.1. The van der Waals surface area contributed by atoms with Gasteiger partial charge in [-0.15, -0.1) is 17.1 Å². The van der Waals surface area contributed by atoms with Gasteiger partial charge in [-0.1, -0.05) is 18.9 Å². The lowest BCUT2D eigenvalue weighted by Crippen LogP contribution is -2.58. The summed E-state index contributed by atoms with van der Waals surface area (Å²) in [4.78, 5) is 69.1. The largest absolute Gasteiger partial charge is 0.459 e. The second kappa shape index (κ2) is 15.6. The number of rotatable bonds is 8. The molecule has 3 aliphatic carbocycles. The fourth-order valence-electron chi connectivity index (χ4n) is 8.41. The predicted molar refractivity (Wildman–Crippen MR) is 226 cm³/mol. The molecule has 322 valence electrons. The maximum absolute atomic E-state index is 14.7. The van der Waals surface area contributed by atoms with Crippen LogP contribution in [0.1, 0.15) is 122 Å². The number of thiazole rings is 1. The van der Waals surface area contributed by atoms with Crippen LogP contribution < -0.4 is 20.1 Å². The number of carbonyl (C=O) groups excluding carboxylic acids is 4. The van der Waals surface area contributed by atoms with E-state index in [0.29, 0.717) is 43.7 Å². The molecule has 4 heterocycles. The quantitative estimate of drug-likeness (QED) is 0.234. The summed E-state index contributed by atoms with van der Waals surface area (Å²) in [5.74, 6) is -2.01. The van der Waals surface area contributed by atoms with Crippen molar-refractivity contribution in [1.82, 2.24) is 34.8 Å². The summed E-state index contributed by atoms with van der Waals surface area (Å²) in [6, 6.07) is 4.09. The number of ether oxygens (including phenoxy) is 2. The number of fused-ring (bicyclic) bond motifs is 4. The monoisotopic (exact) mass is 861 g/mol. The van der Waals surface area contributed by atoms with Crippen molar-refractivity contribution in [2.75, 3.05) is 6.54 Å². The zero-order chi connectivity index (χ0) is 42.8. The van der Waals surface area contributed by atoms with Crippen molar-refractivity contribution in [3.63, 3.8) is 0 Å². The number of benzene rings is 1. The van der Waals surface area contributed by atoms with Gasteiger partial charge in [-0.2, -0.15) is 4.98 Å². The number of hydrogen-bond acceptors (Lipinski definition) is 11. The second-order valence-corrected chi connectivity index (χ2v) is 21.7. The van der Waals surface area contributed by atoms with E-state index in [1.165, 1.54) is 9.78 Å². The molecule has 1 aromatic carbocycles. The topological polar surface area (TPSA) is 191 Å². The van der Waals surface area contributed by atoms with E-state index in [-0.39, 0.29) is 25.4 Å². The Morgan fingerprint density at radius 3 is 2.58 bits per heavy atom. The van der Waals surface area contributed by atoms with Crippen LogP contribution in [0.25, 0.3) is 21.6 Å². The van der Waals surface area contributed by atoms with Gasteiger partial charge >= 0.3 is 6.09 Å². The molecule has 0 spiro atoms. The van der Waals surface area contributed by atoms with Gasteiger partial charge in [0.1, 0.15) is 34.3 Å². The van der Waals surface area contributed by atoms with Gasteiger partial charge in [0.05, 0.1) is 22.5 Å². The number of hydrogen-bond donors (Lipinski definition) is 3. The Kier molecular flexibility index (Phi) is 10.9. The normalized spacial score (nSPS) is 25.4. The van der Waals surface area contributed by atoms with Crippen LogP contribution in [0, 0.1) is 0 Å². The Labute approximate surface area is 354 Å². The van der Waals surface area contributed by atoms with Gasteiger partial charge in [0.2, 0.25) is 21.8 Å². The standard InChI is InChI=1S/C43H55N7O8S2/c1-25(2)50-31-18-12-15-28(36-44-29-17-13-19-33(29)59-36)34(31)46-39(50)57-27-22-32-35(51)47-43(38(53)48-60(55,56)42(6)20-21-42)23-26(43)14-10-8-7-9-11-16-30(37(52)49(32)24-27)45-40(54)58-41(3,4)5/h10,12,15,18,25,27,30,32H,7-9,11,13,16-17,19-24H2,1-6H3,(H,45,54)(H,47,51)(H,48,53)/t14?,27-,30+,32+,43-/m1/s1. The molecule has 4 atom stereocenters. The highest BCUT2D eigenvalue weighted by Gasteiger charge is 2.61. The molecule has 17 heteroatoms. The van der Waals surface area contributed by atoms with E-state index in [4.69, 9.17) is 19.4 Å². The zero-order valence-corrected chi connectivity index (χ0v) is 36.8. The van der Waals surface area contributed by atoms with Gasteiger partial charge in [0.15, 0.2) is 5.54 Å². The number of alkyl carbamates (subject to hydrolysis) is 1. The molecular weight excluding hydrogens is 807 g/mol. The van der Waals surface area contributed by atoms with E-state index in [1.807, 2.05) is 36.6 Å². The van der Waals surface area contributed by atoms with Gasteiger partial charge in [-0.3, -0.25) is 23.7 Å². The van der Waals surface area contributed by atoms with Crippen LogP contribution in [0.4, 0.5) is 4.79 Å². The highest BCUT2D eigenvalue weighted by Crippen LogP contribution is 2.46. The first kappa shape index (κ1) is 42.0. The molecule has 0 radical (unpaired) electrons. The molecule has 2 saturated carbocycles. The van der Waals surface area contributed by atoms with Crippen LogP contribution >= 0.6 is 11.3 Å². The molecule has 1 saturated heterocycles. The molecule has 4 amide bonds. The lowest BCUT2D eigenvalue weighted by molar-refractivity contribution is -0.141. The van der Waals surface area contributed by atoms with Crippen LogP contribution in [0.3, 0.4) is 0 Å². The van der Waals surface area contributed by atoms with Crippen LogP contribution in [-0.2, 0) is 42.0 Å². The number of aromatic nitrogens is 3. The molecule has 60 heavy (non-hydrogen) atoms. The predicted octanol–water partition coefficient (Wildman–Crippen LogP) is 5.77. The highest BCUT2D eigenvalue weighted by atomic mass is 32.2. The molecule has 15 nitrogen and oxygen atoms in total. The molecule has 0 bridgehead atoms. The molecule has 5 aliphatic rings. The number of amides is 4. The fourth-order valence-corrected chi connectivity index (χ4v) is 10.9. The maximum Gasteiger partial charge on any atom is 0.408 e. The SMILES string of the molecule is CC(C)n1c(O[C@@H]2C[C@H]3C(=O)N[C@]4(C(=O)NS(=O)(=O)C5(C)CC5)CC4=C=CCCCCC[C@H](NC(=O)OC(C)(C)C)C(=O)N3C2)nc2c(-c3nc4c(s3)CCC4)cccc21. The molecule has 3 N–H and O–H groups in total. The summed E-state index contributed by atoms with van der Waals surface area (Å²) in [7, 11) is -4.03. The number of nitrogens with one attached hydrogen (secondary N) is 3. The second-order valence-electron chi connectivity index (χ2n) is 18.4. The average Bonchev–Trinajstić information content (AvgIpc) is 3.72. The van der Waals surface area contributed by atoms with E-state index in [2.05, 4.69) is 21.1 Å². The number of sulfonamides is 1. The molecule has 0 unspecified atom stereocenters. The van der Waals surface area contributed by atoms with Crippen LogP contribution in [0.5, 0.6) is 6.01 Å². The number of para-hydroxylation sites is 1. The van der Waals surface area contributed by atoms with Crippen molar-refractivity contribution in [3.8, 4) is 16.6 Å². The Hall–Kier alpha value is -4.73. The van der Waals surface area contributed by atoms with Gasteiger partial charge < -0.3 is 25.0 Å². The lowest BCUT2D eigenvalue weighted by Gasteiger charge is -2.30. The maximum atomic E-state index is 14.7. The average molecular weight is 862 g/mol. The van der Waals surface area contributed by atoms with Crippen molar-refractivity contribution in [3.05, 3.63) is 46.2 Å². The fraction of sp³-hybridized carbons (Fsp3) is 0.605. The van der Waals surface area contributed by atoms with Crippen LogP contribution in [-0.4, -0.2) is 92.3 Å². The third-order valence-corrected chi connectivity index (χ3v) is 15.5. The number of imidazole rings is 1. The summed E-state index contributed by atoms with van der Waals surface area (Å²) < 4.78 is 41.9. The summed E-state index contributed by atoms with van der Waals surface area (Å²) in [5.41, 5.74) is 4.79. The summed E-state index contributed by atoms with van der Waals surface area (Å²) in [6.45, 7) is 10.8. The lowest BCUT2D eigenvalue weighted by atomic mass is 10.1. The molecular formula is C43H55N7O8S2. The van der Waals surface area contributed by atoms with Crippen molar-refractivity contribution >= 4 is 56.2 Å². The Balaban J connectivity index is 1.13. The van der Waals surface area contributed by atoms with Crippen molar-refractivity contribution in [2.45, 2.75) is 159 Å². The van der Waals surface area contributed by atoms with Gasteiger partial charge in [-0.25, -0.2) is 18.2 Å². The Bertz CT molecular complexity index is 2400. The van der Waals surface area contributed by atoms with E-state index in [9.17, 15) is 27.6 Å². The summed E-state index contributed by atoms with van der Waals surface area (Å²) in [5, 5.41) is 6.54. The molecule has 3 aromatic rings. The summed E-state index contributed by atoms with van der Waals surface area (Å²) in [6.07, 6.45) is 7.39. The van der Waals surface area contributed by atoms with Crippen LogP contribution in [0.2, 0.25) is 0 Å². The minimum Gasteiger partial charge on any atom is -0.459 e. The highest BCUT2D eigenvalue weighted by molar-refractivity contribution is 7.91. The first-order valence-corrected chi connectivity index (χ1v) is 23.5. The minimum atomic E-state index is -4.03. The van der Waals surface area contributed by atoms with Crippen molar-refractivity contribution in [2.24, 2.45) is 0 Å². The molecule has 2 aromatic heterocycles. The number of nitrogens with zero attached hydrogens (tertiary/aromatic N) is 4. The number of aryl methyl sites for hydroxylation is 2. The van der Waals surface area contributed by atoms with Gasteiger partial charge in [0.25, 0.3) is 11.9 Å². The van der Waals surface area contributed by atoms with E-state index in [0.717, 1.165) is 59.4 Å². The Morgan fingerprint density at radius 2 is 1.87 bits per heavy atom. The van der Waals surface area contributed by atoms with E-state index >= 15 is 0 Å². The molecule has 8 rings (SSSR count). The Morgan fingerprint density at radius 1 is 1.08 bits per heavy atom. The van der Waals surface area contributed by atoms with E-state index < -0.39 is 67.9 Å². The minimum absolute atomic E-state index is 0.0225. The first-order valence-electron chi connectivity index (χ1n) is 21.2. The van der Waals surface area contributed by atoms with Gasteiger partial charge in [0, 0.05) is 34.9 Å². The zero-order valence-electron chi connectivity index (χ0n) is 35.2. The number of carbonyl (C=O) groups is 4. The van der Waals surface area contributed by atoms with Crippen molar-refractivity contribution in [1.29, 1.82) is 0 Å². The third kappa shape index (κ3) is 8.19. The first-order chi connectivity index (χ1) is 28.4. The molecule has 3 fully saturated rings. The van der Waals surface area contributed by atoms with Crippen LogP contribution in [0.15, 0.2) is 35.6 Å².